The van der Waals surface area contributed by atoms with Crippen LogP contribution in [0.2, 0.25) is 0 Å². The van der Waals surface area contributed by atoms with E-state index in [-0.39, 0.29) is 6.04 Å². The molecule has 3 N–H and O–H groups in total. The van der Waals surface area contributed by atoms with Gasteiger partial charge in [-0.15, -0.1) is 0 Å². The Labute approximate surface area is 128 Å². The largest absolute Gasteiger partial charge is 0.494 e. The van der Waals surface area contributed by atoms with Crippen LogP contribution in [0, 0.1) is 0 Å². The van der Waals surface area contributed by atoms with Crippen molar-refractivity contribution >= 4 is 0 Å². The van der Waals surface area contributed by atoms with Gasteiger partial charge in [0.15, 0.2) is 0 Å². The molecule has 0 aromatic heterocycles. The summed E-state index contributed by atoms with van der Waals surface area (Å²) in [7, 11) is 4.02. The Morgan fingerprint density at radius 3 is 2.57 bits per heavy atom. The summed E-state index contributed by atoms with van der Waals surface area (Å²) >= 11 is 0. The summed E-state index contributed by atoms with van der Waals surface area (Å²) < 4.78 is 5.65. The lowest BCUT2D eigenvalue weighted by molar-refractivity contribution is 0.136. The van der Waals surface area contributed by atoms with Gasteiger partial charge in [-0.3, -0.25) is 0 Å². The first-order valence-electron chi connectivity index (χ1n) is 7.83. The van der Waals surface area contributed by atoms with Crippen molar-refractivity contribution in [2.24, 2.45) is 5.73 Å². The summed E-state index contributed by atoms with van der Waals surface area (Å²) in [5, 5.41) is 10.5. The molecule has 0 radical (unpaired) electrons. The summed E-state index contributed by atoms with van der Waals surface area (Å²) in [5.41, 5.74) is 8.16. The van der Waals surface area contributed by atoms with Crippen molar-refractivity contribution < 1.29 is 9.84 Å². The number of hydrogen-bond donors (Lipinski definition) is 2. The van der Waals surface area contributed by atoms with Gasteiger partial charge >= 0.3 is 0 Å². The molecule has 21 heavy (non-hydrogen) atoms. The minimum absolute atomic E-state index is 0.250. The van der Waals surface area contributed by atoms with Crippen molar-refractivity contribution in [1.29, 1.82) is 0 Å². The van der Waals surface area contributed by atoms with Crippen LogP contribution in [0.3, 0.4) is 0 Å². The molecule has 0 aliphatic rings. The molecule has 0 heterocycles. The van der Waals surface area contributed by atoms with Crippen molar-refractivity contribution in [3.05, 3.63) is 29.3 Å². The number of aliphatic hydroxyl groups is 1. The molecule has 0 aliphatic heterocycles. The van der Waals surface area contributed by atoms with E-state index < -0.39 is 6.10 Å². The Kier molecular flexibility index (Phi) is 7.72. The van der Waals surface area contributed by atoms with E-state index in [9.17, 15) is 5.11 Å². The van der Waals surface area contributed by atoms with Gasteiger partial charge in [0.2, 0.25) is 0 Å². The number of nitrogens with two attached hydrogens (primary N) is 1. The Morgan fingerprint density at radius 1 is 1.29 bits per heavy atom. The zero-order valence-electron chi connectivity index (χ0n) is 13.8. The third-order valence-corrected chi connectivity index (χ3v) is 3.60. The molecule has 0 fully saturated rings. The maximum atomic E-state index is 10.5. The molecule has 4 heteroatoms. The van der Waals surface area contributed by atoms with Crippen LogP contribution in [0.1, 0.15) is 43.9 Å². The highest BCUT2D eigenvalue weighted by atomic mass is 16.5. The van der Waals surface area contributed by atoms with Gasteiger partial charge in [-0.1, -0.05) is 19.9 Å². The van der Waals surface area contributed by atoms with Gasteiger partial charge in [0.25, 0.3) is 0 Å². The van der Waals surface area contributed by atoms with Gasteiger partial charge in [-0.05, 0) is 63.2 Å². The normalized spacial score (nSPS) is 14.2. The minimum Gasteiger partial charge on any atom is -0.494 e. The number of nitrogens with zero attached hydrogens (tertiary/aromatic N) is 1. The summed E-state index contributed by atoms with van der Waals surface area (Å²) in [6, 6.07) is 5.64. The third kappa shape index (κ3) is 5.65. The Balaban J connectivity index is 2.80. The number of benzene rings is 1. The number of aryl methyl sites for hydroxylation is 1. The highest BCUT2D eigenvalue weighted by Gasteiger charge is 2.19. The molecule has 0 bridgehead atoms. The average molecular weight is 294 g/mol. The fourth-order valence-corrected chi connectivity index (χ4v) is 2.28. The maximum absolute atomic E-state index is 10.5. The first kappa shape index (κ1) is 18.0. The van der Waals surface area contributed by atoms with Crippen molar-refractivity contribution in [3.8, 4) is 5.75 Å². The predicted octanol–water partition coefficient (Wildman–Crippen LogP) is 2.35. The van der Waals surface area contributed by atoms with Crippen LogP contribution in [0.4, 0.5) is 0 Å². The lowest BCUT2D eigenvalue weighted by atomic mass is 9.94. The maximum Gasteiger partial charge on any atom is 0.119 e. The molecule has 4 nitrogen and oxygen atoms in total. The number of aliphatic hydroxyl groups excluding tert-OH is 1. The lowest BCUT2D eigenvalue weighted by Gasteiger charge is -2.23. The van der Waals surface area contributed by atoms with Crippen molar-refractivity contribution in [2.75, 3.05) is 27.2 Å². The zero-order valence-corrected chi connectivity index (χ0v) is 13.8. The van der Waals surface area contributed by atoms with E-state index in [2.05, 4.69) is 18.7 Å². The van der Waals surface area contributed by atoms with Crippen LogP contribution < -0.4 is 10.5 Å². The monoisotopic (exact) mass is 294 g/mol. The standard InChI is InChI=1S/C17H30N2O2/c1-5-11-21-14-7-8-15(13(6-2)12-14)17(20)16(18)9-10-19(3)4/h7-8,12,16-17,20H,5-6,9-11,18H2,1-4H3. The molecule has 2 unspecified atom stereocenters. The zero-order chi connectivity index (χ0) is 15.8. The van der Waals surface area contributed by atoms with Crippen molar-refractivity contribution in [1.82, 2.24) is 4.90 Å². The molecule has 0 spiro atoms. The van der Waals surface area contributed by atoms with Crippen molar-refractivity contribution in [3.63, 3.8) is 0 Å². The summed E-state index contributed by atoms with van der Waals surface area (Å²) in [4.78, 5) is 2.08. The first-order valence-corrected chi connectivity index (χ1v) is 7.83. The topological polar surface area (TPSA) is 58.7 Å². The van der Waals surface area contributed by atoms with E-state index in [1.165, 1.54) is 0 Å². The van der Waals surface area contributed by atoms with Gasteiger partial charge in [0.05, 0.1) is 12.7 Å². The molecular formula is C17H30N2O2. The highest BCUT2D eigenvalue weighted by molar-refractivity contribution is 5.37. The van der Waals surface area contributed by atoms with Crippen LogP contribution in [0.25, 0.3) is 0 Å². The van der Waals surface area contributed by atoms with Gasteiger partial charge in [0, 0.05) is 6.04 Å². The fourth-order valence-electron chi connectivity index (χ4n) is 2.28. The van der Waals surface area contributed by atoms with Gasteiger partial charge in [-0.25, -0.2) is 0 Å². The smallest absolute Gasteiger partial charge is 0.119 e. The van der Waals surface area contributed by atoms with Gasteiger partial charge in [0.1, 0.15) is 5.75 Å². The first-order chi connectivity index (χ1) is 9.99. The number of rotatable bonds is 9. The van der Waals surface area contributed by atoms with Crippen LogP contribution in [0.5, 0.6) is 5.75 Å². The minimum atomic E-state index is -0.625. The number of ether oxygens (including phenoxy) is 1. The molecular weight excluding hydrogens is 264 g/mol. The molecule has 0 saturated carbocycles. The molecule has 0 amide bonds. The van der Waals surface area contributed by atoms with Gasteiger partial charge in [-0.2, -0.15) is 0 Å². The quantitative estimate of drug-likeness (QED) is 0.734. The molecule has 1 aromatic carbocycles. The van der Waals surface area contributed by atoms with Crippen LogP contribution in [-0.2, 0) is 6.42 Å². The van der Waals surface area contributed by atoms with E-state index in [0.29, 0.717) is 6.61 Å². The molecule has 0 aliphatic carbocycles. The number of hydrogen-bond acceptors (Lipinski definition) is 4. The van der Waals surface area contributed by atoms with E-state index in [4.69, 9.17) is 10.5 Å². The highest BCUT2D eigenvalue weighted by Crippen LogP contribution is 2.26. The van der Waals surface area contributed by atoms with E-state index in [1.807, 2.05) is 32.3 Å². The molecule has 1 rings (SSSR count). The van der Waals surface area contributed by atoms with E-state index >= 15 is 0 Å². The Morgan fingerprint density at radius 2 is 2.00 bits per heavy atom. The van der Waals surface area contributed by atoms with E-state index in [0.717, 1.165) is 42.7 Å². The molecule has 120 valence electrons. The van der Waals surface area contributed by atoms with E-state index in [1.54, 1.807) is 0 Å². The van der Waals surface area contributed by atoms with Gasteiger partial charge < -0.3 is 20.5 Å². The predicted molar refractivity (Wildman–Crippen MR) is 87.7 cm³/mol. The van der Waals surface area contributed by atoms with Crippen LogP contribution in [-0.4, -0.2) is 43.3 Å². The Hall–Kier alpha value is -1.10. The second-order valence-electron chi connectivity index (χ2n) is 5.76. The lowest BCUT2D eigenvalue weighted by Crippen LogP contribution is -2.32. The van der Waals surface area contributed by atoms with Crippen molar-refractivity contribution in [2.45, 2.75) is 45.3 Å². The van der Waals surface area contributed by atoms with Crippen LogP contribution >= 0.6 is 0 Å². The third-order valence-electron chi connectivity index (χ3n) is 3.60. The summed E-state index contributed by atoms with van der Waals surface area (Å²) in [5.74, 6) is 0.867. The second-order valence-corrected chi connectivity index (χ2v) is 5.76. The molecule has 2 atom stereocenters. The second kappa shape index (κ2) is 9.03. The average Bonchev–Trinajstić information content (AvgIpc) is 2.49. The molecule has 1 aromatic rings. The van der Waals surface area contributed by atoms with Crippen LogP contribution in [0.15, 0.2) is 18.2 Å². The SMILES string of the molecule is CCCOc1ccc(C(O)C(N)CCN(C)C)c(CC)c1. The summed E-state index contributed by atoms with van der Waals surface area (Å²) in [6.07, 6.45) is 1.99. The summed E-state index contributed by atoms with van der Waals surface area (Å²) in [6.45, 7) is 5.76. The molecule has 0 saturated heterocycles. The fraction of sp³-hybridized carbons (Fsp3) is 0.647. The Bertz CT molecular complexity index is 421.